The van der Waals surface area contributed by atoms with Crippen molar-refractivity contribution in [3.8, 4) is 11.5 Å². The second kappa shape index (κ2) is 10.9. The van der Waals surface area contributed by atoms with Gasteiger partial charge < -0.3 is 19.2 Å². The normalized spacial score (nSPS) is 10.7. The van der Waals surface area contributed by atoms with Gasteiger partial charge in [-0.25, -0.2) is 0 Å². The molecule has 31 heavy (non-hydrogen) atoms. The van der Waals surface area contributed by atoms with E-state index in [1.54, 1.807) is 14.2 Å². The van der Waals surface area contributed by atoms with Crippen molar-refractivity contribution in [1.29, 1.82) is 0 Å². The third kappa shape index (κ3) is 6.49. The first-order valence-corrected chi connectivity index (χ1v) is 11.0. The molecule has 1 amide bonds. The lowest BCUT2D eigenvalue weighted by Crippen LogP contribution is -2.14. The lowest BCUT2D eigenvalue weighted by atomic mass is 10.1. The Hall–Kier alpha value is -3.00. The Balaban J connectivity index is 1.45. The minimum absolute atomic E-state index is 0.163. The summed E-state index contributed by atoms with van der Waals surface area (Å²) in [6.07, 6.45) is 2.49. The second-order valence-corrected chi connectivity index (χ2v) is 8.09. The van der Waals surface area contributed by atoms with Gasteiger partial charge in [0.15, 0.2) is 0 Å². The fourth-order valence-electron chi connectivity index (χ4n) is 3.17. The van der Waals surface area contributed by atoms with Crippen LogP contribution in [0.1, 0.15) is 29.0 Å². The lowest BCUT2D eigenvalue weighted by Gasteiger charge is -2.10. The molecule has 0 unspecified atom stereocenters. The Bertz CT molecular complexity index is 1040. The van der Waals surface area contributed by atoms with Crippen molar-refractivity contribution in [3.63, 3.8) is 0 Å². The number of methoxy groups -OCH3 is 2. The van der Waals surface area contributed by atoms with Crippen LogP contribution in [-0.2, 0) is 17.6 Å². The number of carbonyl (C=O) groups excluding carboxylic acids is 1. The molecule has 0 aliphatic heterocycles. The van der Waals surface area contributed by atoms with Crippen LogP contribution >= 0.6 is 11.8 Å². The van der Waals surface area contributed by atoms with Crippen molar-refractivity contribution in [3.05, 3.63) is 59.0 Å². The van der Waals surface area contributed by atoms with Crippen molar-refractivity contribution in [2.75, 3.05) is 25.3 Å². The van der Waals surface area contributed by atoms with Gasteiger partial charge in [0.2, 0.25) is 11.8 Å². The molecule has 3 aromatic rings. The van der Waals surface area contributed by atoms with Crippen LogP contribution in [0.5, 0.6) is 11.5 Å². The molecule has 7 nitrogen and oxygen atoms in total. The number of anilines is 1. The highest BCUT2D eigenvalue weighted by atomic mass is 32.2. The summed E-state index contributed by atoms with van der Waals surface area (Å²) in [6, 6.07) is 11.8. The van der Waals surface area contributed by atoms with Gasteiger partial charge in [0.25, 0.3) is 5.22 Å². The standard InChI is InChI=1S/C23H27N3O4S/c1-15-8-10-20(29-4)18(12-15)24-21(27)14-31-23-26-25-22(30-23)7-5-6-17-9-11-19(28-3)16(2)13-17/h8-13H,5-7,14H2,1-4H3,(H,24,27). The fraction of sp³-hybridized carbons (Fsp3) is 0.348. The highest BCUT2D eigenvalue weighted by Crippen LogP contribution is 2.26. The van der Waals surface area contributed by atoms with E-state index in [1.807, 2.05) is 38.1 Å². The van der Waals surface area contributed by atoms with Crippen LogP contribution in [-0.4, -0.2) is 36.1 Å². The van der Waals surface area contributed by atoms with E-state index in [2.05, 4.69) is 27.6 Å². The van der Waals surface area contributed by atoms with Gasteiger partial charge in [-0.1, -0.05) is 30.0 Å². The van der Waals surface area contributed by atoms with Crippen molar-refractivity contribution in [2.24, 2.45) is 0 Å². The summed E-state index contributed by atoms with van der Waals surface area (Å²) in [5.74, 6) is 2.10. The summed E-state index contributed by atoms with van der Waals surface area (Å²) in [6.45, 7) is 3.99. The average molecular weight is 442 g/mol. The minimum Gasteiger partial charge on any atom is -0.496 e. The molecule has 0 saturated carbocycles. The molecular formula is C23H27N3O4S. The van der Waals surface area contributed by atoms with E-state index in [4.69, 9.17) is 13.9 Å². The fourth-order valence-corrected chi connectivity index (χ4v) is 3.75. The van der Waals surface area contributed by atoms with Crippen molar-refractivity contribution < 1.29 is 18.7 Å². The zero-order valence-corrected chi connectivity index (χ0v) is 19.0. The highest BCUT2D eigenvalue weighted by Gasteiger charge is 2.12. The van der Waals surface area contributed by atoms with E-state index < -0.39 is 0 Å². The van der Waals surface area contributed by atoms with Gasteiger partial charge in [0.05, 0.1) is 25.7 Å². The molecule has 0 aliphatic carbocycles. The zero-order valence-electron chi connectivity index (χ0n) is 18.2. The number of ether oxygens (including phenoxy) is 2. The number of carbonyl (C=O) groups is 1. The van der Waals surface area contributed by atoms with Crippen LogP contribution in [0.2, 0.25) is 0 Å². The Morgan fingerprint density at radius 2 is 1.81 bits per heavy atom. The predicted molar refractivity (Wildman–Crippen MR) is 121 cm³/mol. The predicted octanol–water partition coefficient (Wildman–Crippen LogP) is 4.61. The number of hydrogen-bond donors (Lipinski definition) is 1. The van der Waals surface area contributed by atoms with Crippen LogP contribution in [0.25, 0.3) is 0 Å². The van der Waals surface area contributed by atoms with Crippen molar-refractivity contribution in [1.82, 2.24) is 10.2 Å². The molecule has 2 aromatic carbocycles. The Morgan fingerprint density at radius 3 is 2.55 bits per heavy atom. The molecule has 0 atom stereocenters. The molecule has 0 radical (unpaired) electrons. The van der Waals surface area contributed by atoms with Gasteiger partial charge in [-0.2, -0.15) is 0 Å². The van der Waals surface area contributed by atoms with Gasteiger partial charge in [0.1, 0.15) is 11.5 Å². The number of aryl methyl sites for hydroxylation is 4. The smallest absolute Gasteiger partial charge is 0.277 e. The van der Waals surface area contributed by atoms with Crippen LogP contribution in [0.3, 0.4) is 0 Å². The van der Waals surface area contributed by atoms with Crippen molar-refractivity contribution >= 4 is 23.4 Å². The first-order chi connectivity index (χ1) is 15.0. The largest absolute Gasteiger partial charge is 0.496 e. The number of nitrogens with one attached hydrogen (secondary N) is 1. The van der Waals surface area contributed by atoms with Gasteiger partial charge in [0, 0.05) is 6.42 Å². The third-order valence-corrected chi connectivity index (χ3v) is 5.54. The lowest BCUT2D eigenvalue weighted by molar-refractivity contribution is -0.113. The number of benzene rings is 2. The molecule has 0 bridgehead atoms. The maximum atomic E-state index is 12.3. The van der Waals surface area contributed by atoms with Crippen LogP contribution < -0.4 is 14.8 Å². The SMILES string of the molecule is COc1ccc(CCCc2nnc(SCC(=O)Nc3cc(C)ccc3OC)o2)cc1C. The zero-order chi connectivity index (χ0) is 22.2. The summed E-state index contributed by atoms with van der Waals surface area (Å²) in [5, 5.41) is 11.4. The Morgan fingerprint density at radius 1 is 1.03 bits per heavy atom. The molecule has 3 rings (SSSR count). The maximum Gasteiger partial charge on any atom is 0.277 e. The number of nitrogens with zero attached hydrogens (tertiary/aromatic N) is 2. The Kier molecular flexibility index (Phi) is 7.94. The van der Waals surface area contributed by atoms with Crippen LogP contribution in [0, 0.1) is 13.8 Å². The second-order valence-electron chi connectivity index (χ2n) is 7.16. The number of thioether (sulfide) groups is 1. The van der Waals surface area contributed by atoms with Gasteiger partial charge in [-0.05, 0) is 61.6 Å². The van der Waals surface area contributed by atoms with E-state index in [-0.39, 0.29) is 11.7 Å². The molecule has 0 fully saturated rings. The van der Waals surface area contributed by atoms with Gasteiger partial charge in [-0.3, -0.25) is 4.79 Å². The summed E-state index contributed by atoms with van der Waals surface area (Å²) in [5.41, 5.74) is 4.05. The molecule has 164 valence electrons. The van der Waals surface area contributed by atoms with Crippen LogP contribution in [0.15, 0.2) is 46.0 Å². The molecular weight excluding hydrogens is 414 g/mol. The van der Waals surface area contributed by atoms with Gasteiger partial charge >= 0.3 is 0 Å². The monoisotopic (exact) mass is 441 g/mol. The molecule has 0 saturated heterocycles. The summed E-state index contributed by atoms with van der Waals surface area (Å²) in [7, 11) is 3.25. The molecule has 1 aromatic heterocycles. The first kappa shape index (κ1) is 22.7. The van der Waals surface area contributed by atoms with E-state index in [1.165, 1.54) is 17.3 Å². The molecule has 8 heteroatoms. The summed E-state index contributed by atoms with van der Waals surface area (Å²) >= 11 is 1.22. The van der Waals surface area contributed by atoms with E-state index in [0.29, 0.717) is 29.0 Å². The maximum absolute atomic E-state index is 12.3. The van der Waals surface area contributed by atoms with Crippen molar-refractivity contribution in [2.45, 2.75) is 38.3 Å². The molecule has 1 N–H and O–H groups in total. The first-order valence-electron chi connectivity index (χ1n) is 10.0. The quantitative estimate of drug-likeness (QED) is 0.460. The third-order valence-electron chi connectivity index (χ3n) is 4.72. The van der Waals surface area contributed by atoms with E-state index in [0.717, 1.165) is 29.7 Å². The van der Waals surface area contributed by atoms with Crippen LogP contribution in [0.4, 0.5) is 5.69 Å². The number of hydrogen-bond acceptors (Lipinski definition) is 7. The summed E-state index contributed by atoms with van der Waals surface area (Å²) in [4.78, 5) is 12.3. The summed E-state index contributed by atoms with van der Waals surface area (Å²) < 4.78 is 16.2. The molecule has 0 spiro atoms. The highest BCUT2D eigenvalue weighted by molar-refractivity contribution is 7.99. The minimum atomic E-state index is -0.163. The number of rotatable bonds is 10. The molecule has 1 heterocycles. The number of aromatic nitrogens is 2. The molecule has 0 aliphatic rings. The van der Waals surface area contributed by atoms with E-state index in [9.17, 15) is 4.79 Å². The topological polar surface area (TPSA) is 86.5 Å². The average Bonchev–Trinajstić information content (AvgIpc) is 3.20. The Labute approximate surface area is 186 Å². The van der Waals surface area contributed by atoms with Gasteiger partial charge in [-0.15, -0.1) is 10.2 Å². The van der Waals surface area contributed by atoms with E-state index >= 15 is 0 Å². The number of amides is 1.